The number of pyridine rings is 1. The van der Waals surface area contributed by atoms with Gasteiger partial charge in [-0.3, -0.25) is 9.59 Å². The highest BCUT2D eigenvalue weighted by Gasteiger charge is 2.23. The van der Waals surface area contributed by atoms with Crippen LogP contribution in [-0.4, -0.2) is 41.8 Å². The predicted molar refractivity (Wildman–Crippen MR) is 145 cm³/mol. The molecule has 1 amide bonds. The van der Waals surface area contributed by atoms with E-state index in [2.05, 4.69) is 20.8 Å². The number of tetrazole rings is 1. The summed E-state index contributed by atoms with van der Waals surface area (Å²) < 4.78 is 2.84. The maximum absolute atomic E-state index is 13.5. The molecule has 2 heterocycles. The van der Waals surface area contributed by atoms with Gasteiger partial charge in [-0.1, -0.05) is 41.9 Å². The Bertz CT molecular complexity index is 1690. The molecule has 3 aromatic carbocycles. The highest BCUT2D eigenvalue weighted by molar-refractivity contribution is 6.31. The first kappa shape index (κ1) is 25.6. The number of carbonyl (C=O) groups excluding carboxylic acids is 1. The fourth-order valence-corrected chi connectivity index (χ4v) is 4.37. The quantitative estimate of drug-likeness (QED) is 0.300. The lowest BCUT2D eigenvalue weighted by Crippen LogP contribution is -2.34. The molecule has 39 heavy (non-hydrogen) atoms. The van der Waals surface area contributed by atoms with Crippen molar-refractivity contribution >= 4 is 29.2 Å². The normalized spacial score (nSPS) is 11.6. The monoisotopic (exact) mass is 540 g/mol. The molecule has 5 aromatic rings. The second-order valence-corrected chi connectivity index (χ2v) is 9.09. The van der Waals surface area contributed by atoms with Gasteiger partial charge in [0.1, 0.15) is 12.4 Å². The van der Waals surface area contributed by atoms with E-state index in [-0.39, 0.29) is 12.0 Å². The number of hydrogen-bond acceptors (Lipinski definition) is 6. The zero-order valence-electron chi connectivity index (χ0n) is 20.3. The van der Waals surface area contributed by atoms with Crippen molar-refractivity contribution in [1.82, 2.24) is 24.8 Å². The van der Waals surface area contributed by atoms with Gasteiger partial charge in [0.25, 0.3) is 5.56 Å². The van der Waals surface area contributed by atoms with Crippen molar-refractivity contribution in [1.29, 1.82) is 0 Å². The summed E-state index contributed by atoms with van der Waals surface area (Å²) in [5.74, 6) is -1.49. The summed E-state index contributed by atoms with van der Waals surface area (Å²) in [6.45, 7) is 0. The molecule has 0 saturated carbocycles. The lowest BCUT2D eigenvalue weighted by molar-refractivity contribution is -0.119. The number of rotatable bonds is 8. The summed E-state index contributed by atoms with van der Waals surface area (Å²) in [4.78, 5) is 38.1. The smallest absolute Gasteiger partial charge is 0.335 e. The molecule has 1 atom stereocenters. The Morgan fingerprint density at radius 3 is 2.41 bits per heavy atom. The van der Waals surface area contributed by atoms with E-state index in [0.717, 1.165) is 5.56 Å². The lowest BCUT2D eigenvalue weighted by atomic mass is 10.0. The van der Waals surface area contributed by atoms with Crippen LogP contribution in [0.15, 0.2) is 102 Å². The summed E-state index contributed by atoms with van der Waals surface area (Å²) in [5.41, 5.74) is 2.83. The number of carboxylic acids is 1. The third-order valence-corrected chi connectivity index (χ3v) is 6.36. The Hall–Kier alpha value is -5.09. The van der Waals surface area contributed by atoms with E-state index in [0.29, 0.717) is 27.5 Å². The molecule has 0 bridgehead atoms. The number of carboxylic acid groups (broad SMARTS) is 1. The van der Waals surface area contributed by atoms with Crippen LogP contribution in [0.3, 0.4) is 0 Å². The van der Waals surface area contributed by atoms with Gasteiger partial charge < -0.3 is 15.0 Å². The van der Waals surface area contributed by atoms with Crippen LogP contribution in [0, 0.1) is 0 Å². The number of nitrogens with zero attached hydrogens (tertiary/aromatic N) is 5. The van der Waals surface area contributed by atoms with Gasteiger partial charge in [0.05, 0.1) is 11.3 Å². The first-order valence-corrected chi connectivity index (χ1v) is 12.2. The molecule has 0 saturated heterocycles. The van der Waals surface area contributed by atoms with Crippen LogP contribution in [0.5, 0.6) is 0 Å². The van der Waals surface area contributed by atoms with Crippen molar-refractivity contribution in [2.24, 2.45) is 0 Å². The van der Waals surface area contributed by atoms with E-state index in [1.165, 1.54) is 45.9 Å². The minimum absolute atomic E-state index is 0.0997. The third-order valence-electron chi connectivity index (χ3n) is 6.12. The number of hydrogen-bond donors (Lipinski definition) is 2. The first-order chi connectivity index (χ1) is 18.9. The van der Waals surface area contributed by atoms with Crippen LogP contribution in [0.4, 0.5) is 5.69 Å². The zero-order chi connectivity index (χ0) is 27.4. The predicted octanol–water partition coefficient (Wildman–Crippen LogP) is 4.27. The lowest BCUT2D eigenvalue weighted by Gasteiger charge is -2.20. The minimum Gasteiger partial charge on any atom is -0.478 e. The SMILES string of the molecule is O=C(O)c1ccc(NC(=O)C(Cc2ccccc2)n2ccc(-c3cc(Cl)ccc3-n3cnnn3)cc2=O)cc1. The van der Waals surface area contributed by atoms with Crippen LogP contribution >= 0.6 is 11.6 Å². The molecule has 194 valence electrons. The highest BCUT2D eigenvalue weighted by Crippen LogP contribution is 2.29. The molecule has 0 aliphatic rings. The number of amides is 1. The van der Waals surface area contributed by atoms with Crippen LogP contribution in [0.2, 0.25) is 5.02 Å². The average molecular weight is 541 g/mol. The van der Waals surface area contributed by atoms with Crippen LogP contribution in [0.1, 0.15) is 22.0 Å². The number of benzene rings is 3. The molecular weight excluding hydrogens is 520 g/mol. The molecule has 0 spiro atoms. The highest BCUT2D eigenvalue weighted by atomic mass is 35.5. The Balaban J connectivity index is 1.50. The fourth-order valence-electron chi connectivity index (χ4n) is 4.20. The number of carbonyl (C=O) groups is 2. The van der Waals surface area contributed by atoms with Crippen LogP contribution in [-0.2, 0) is 11.2 Å². The topological polar surface area (TPSA) is 132 Å². The average Bonchev–Trinajstić information content (AvgIpc) is 3.48. The van der Waals surface area contributed by atoms with E-state index in [1.807, 2.05) is 30.3 Å². The summed E-state index contributed by atoms with van der Waals surface area (Å²) in [7, 11) is 0. The molecule has 11 heteroatoms. The second-order valence-electron chi connectivity index (χ2n) is 8.65. The second kappa shape index (κ2) is 11.1. The molecule has 5 rings (SSSR count). The minimum atomic E-state index is -1.07. The number of aromatic carboxylic acids is 1. The van der Waals surface area contributed by atoms with E-state index in [9.17, 15) is 14.4 Å². The van der Waals surface area contributed by atoms with Gasteiger partial charge in [0, 0.05) is 35.0 Å². The fraction of sp³-hybridized carbons (Fsp3) is 0.0714. The van der Waals surface area contributed by atoms with Gasteiger partial charge >= 0.3 is 5.97 Å². The van der Waals surface area contributed by atoms with Gasteiger partial charge in [0.2, 0.25) is 5.91 Å². The summed E-state index contributed by atoms with van der Waals surface area (Å²) >= 11 is 6.26. The molecule has 0 aliphatic carbocycles. The molecule has 0 aliphatic heterocycles. The number of nitrogens with one attached hydrogen (secondary N) is 1. The van der Waals surface area contributed by atoms with Gasteiger partial charge in [-0.2, -0.15) is 4.68 Å². The van der Waals surface area contributed by atoms with Gasteiger partial charge in [0.15, 0.2) is 0 Å². The number of anilines is 1. The molecule has 0 fully saturated rings. The Morgan fingerprint density at radius 2 is 1.74 bits per heavy atom. The first-order valence-electron chi connectivity index (χ1n) is 11.8. The summed E-state index contributed by atoms with van der Waals surface area (Å²) in [6, 6.07) is 22.6. The third kappa shape index (κ3) is 5.76. The largest absolute Gasteiger partial charge is 0.478 e. The number of halogens is 1. The van der Waals surface area contributed by atoms with E-state index < -0.39 is 23.5 Å². The van der Waals surface area contributed by atoms with E-state index in [4.69, 9.17) is 16.7 Å². The van der Waals surface area contributed by atoms with Crippen LogP contribution in [0.25, 0.3) is 16.8 Å². The Morgan fingerprint density at radius 1 is 0.974 bits per heavy atom. The molecule has 2 aromatic heterocycles. The van der Waals surface area contributed by atoms with Crippen molar-refractivity contribution < 1.29 is 14.7 Å². The molecule has 2 N–H and O–H groups in total. The van der Waals surface area contributed by atoms with Crippen LogP contribution < -0.4 is 10.9 Å². The maximum atomic E-state index is 13.5. The molecular formula is C28H21ClN6O4. The Kier molecular flexibility index (Phi) is 7.28. The van der Waals surface area contributed by atoms with Gasteiger partial charge in [-0.05, 0) is 70.1 Å². The van der Waals surface area contributed by atoms with Crippen molar-refractivity contribution in [3.63, 3.8) is 0 Å². The van der Waals surface area contributed by atoms with Crippen molar-refractivity contribution in [3.8, 4) is 16.8 Å². The molecule has 0 radical (unpaired) electrons. The van der Waals surface area contributed by atoms with E-state index in [1.54, 1.807) is 30.5 Å². The maximum Gasteiger partial charge on any atom is 0.335 e. The van der Waals surface area contributed by atoms with Gasteiger partial charge in [-0.25, -0.2) is 4.79 Å². The van der Waals surface area contributed by atoms with E-state index >= 15 is 0 Å². The summed E-state index contributed by atoms with van der Waals surface area (Å²) in [6.07, 6.45) is 3.27. The summed E-state index contributed by atoms with van der Waals surface area (Å²) in [5, 5.41) is 23.7. The molecule has 1 unspecified atom stereocenters. The van der Waals surface area contributed by atoms with Crippen molar-refractivity contribution in [2.45, 2.75) is 12.5 Å². The van der Waals surface area contributed by atoms with Gasteiger partial charge in [-0.15, -0.1) is 5.10 Å². The standard InChI is InChI=1S/C28H21ClN6O4/c29-21-8-11-24(35-17-30-32-33-35)23(16-21)20-12-13-34(26(36)15-20)25(14-18-4-2-1-3-5-18)27(37)31-22-9-6-19(7-10-22)28(38)39/h1-13,15-17,25H,14H2,(H,31,37)(H,38,39). The Labute approximate surface area is 227 Å². The molecule has 10 nitrogen and oxygen atoms in total. The van der Waals surface area contributed by atoms with Crippen molar-refractivity contribution in [3.05, 3.63) is 124 Å². The number of aromatic nitrogens is 5. The zero-order valence-corrected chi connectivity index (χ0v) is 21.1. The van der Waals surface area contributed by atoms with Crippen molar-refractivity contribution in [2.75, 3.05) is 5.32 Å².